The number of anilines is 1. The van der Waals surface area contributed by atoms with E-state index < -0.39 is 17.6 Å². The average Bonchev–Trinajstić information content (AvgIpc) is 3.07. The molecular weight excluding hydrogens is 355 g/mol. The maximum absolute atomic E-state index is 13.0. The van der Waals surface area contributed by atoms with Crippen LogP contribution in [0.5, 0.6) is 0 Å². The summed E-state index contributed by atoms with van der Waals surface area (Å²) in [4.78, 5) is 12.7. The zero-order valence-corrected chi connectivity index (χ0v) is 14.2. The molecule has 136 valence electrons. The second kappa shape index (κ2) is 7.00. The van der Waals surface area contributed by atoms with Crippen LogP contribution in [0.15, 0.2) is 60.8 Å². The molecule has 0 unspecified atom stereocenters. The van der Waals surface area contributed by atoms with Gasteiger partial charge in [0, 0.05) is 17.6 Å². The molecule has 0 spiro atoms. The van der Waals surface area contributed by atoms with E-state index in [1.54, 1.807) is 12.1 Å². The van der Waals surface area contributed by atoms with Gasteiger partial charge in [-0.3, -0.25) is 4.79 Å². The van der Waals surface area contributed by atoms with Crippen molar-refractivity contribution in [2.75, 3.05) is 5.32 Å². The van der Waals surface area contributed by atoms with Crippen molar-refractivity contribution < 1.29 is 18.0 Å². The molecule has 7 heteroatoms. The fourth-order valence-corrected chi connectivity index (χ4v) is 2.63. The lowest BCUT2D eigenvalue weighted by Crippen LogP contribution is -2.18. The van der Waals surface area contributed by atoms with Gasteiger partial charge in [-0.1, -0.05) is 23.8 Å². The van der Waals surface area contributed by atoms with E-state index in [-0.39, 0.29) is 16.9 Å². The quantitative estimate of drug-likeness (QED) is 0.712. The lowest BCUT2D eigenvalue weighted by atomic mass is 10.1. The number of amides is 1. The average molecular weight is 369 g/mol. The number of aryl methyl sites for hydroxylation is 1. The Balaban J connectivity index is 2.02. The van der Waals surface area contributed by atoms with Crippen LogP contribution in [0.2, 0.25) is 0 Å². The number of rotatable bonds is 3. The predicted octanol–water partition coefficient (Wildman–Crippen LogP) is 4.93. The van der Waals surface area contributed by atoms with Crippen LogP contribution < -0.4 is 5.32 Å². The Kier molecular flexibility index (Phi) is 4.74. The van der Waals surface area contributed by atoms with Gasteiger partial charge in [-0.15, -0.1) is 0 Å². The summed E-state index contributed by atoms with van der Waals surface area (Å²) in [7, 11) is 0. The number of nitriles is 1. The van der Waals surface area contributed by atoms with Crippen molar-refractivity contribution in [3.05, 3.63) is 83.2 Å². The molecule has 3 rings (SSSR count). The molecule has 3 aromatic rings. The number of aromatic nitrogens is 1. The number of carbonyl (C=O) groups excluding carboxylic acids is 1. The van der Waals surface area contributed by atoms with E-state index in [0.717, 1.165) is 17.7 Å². The predicted molar refractivity (Wildman–Crippen MR) is 94.6 cm³/mol. The highest BCUT2D eigenvalue weighted by Gasteiger charge is 2.31. The van der Waals surface area contributed by atoms with E-state index in [1.165, 1.54) is 29.0 Å². The molecule has 0 aliphatic heterocycles. The maximum Gasteiger partial charge on any atom is 0.416 e. The first-order chi connectivity index (χ1) is 12.8. The molecule has 27 heavy (non-hydrogen) atoms. The number of benzene rings is 2. The first kappa shape index (κ1) is 18.3. The van der Waals surface area contributed by atoms with Gasteiger partial charge in [-0.2, -0.15) is 18.4 Å². The van der Waals surface area contributed by atoms with Crippen molar-refractivity contribution in [1.82, 2.24) is 4.57 Å². The van der Waals surface area contributed by atoms with Crippen LogP contribution in [0.25, 0.3) is 5.69 Å². The number of alkyl halides is 3. The van der Waals surface area contributed by atoms with Crippen LogP contribution in [0, 0.1) is 18.3 Å². The van der Waals surface area contributed by atoms with Crippen molar-refractivity contribution >= 4 is 11.6 Å². The molecule has 0 saturated carbocycles. The first-order valence-electron chi connectivity index (χ1n) is 7.96. The van der Waals surface area contributed by atoms with Gasteiger partial charge >= 0.3 is 6.18 Å². The van der Waals surface area contributed by atoms with Gasteiger partial charge < -0.3 is 9.88 Å². The second-order valence-electron chi connectivity index (χ2n) is 5.93. The standard InChI is InChI=1S/C20H14F3N3O/c1-13-5-7-16(8-6-13)25-19(27)18-14(12-24)9-10-26(18)17-4-2-3-15(11-17)20(21,22)23/h2-11H,1H3,(H,25,27). The number of nitrogens with one attached hydrogen (secondary N) is 1. The number of carbonyl (C=O) groups is 1. The first-order valence-corrected chi connectivity index (χ1v) is 7.96. The fourth-order valence-electron chi connectivity index (χ4n) is 2.63. The molecule has 0 atom stereocenters. The van der Waals surface area contributed by atoms with Crippen LogP contribution >= 0.6 is 0 Å². The van der Waals surface area contributed by atoms with Crippen molar-refractivity contribution in [2.45, 2.75) is 13.1 Å². The summed E-state index contributed by atoms with van der Waals surface area (Å²) >= 11 is 0. The molecule has 0 aliphatic carbocycles. The van der Waals surface area contributed by atoms with E-state index in [2.05, 4.69) is 5.32 Å². The number of halogens is 3. The lowest BCUT2D eigenvalue weighted by molar-refractivity contribution is -0.137. The molecule has 2 aromatic carbocycles. The number of hydrogen-bond donors (Lipinski definition) is 1. The summed E-state index contributed by atoms with van der Waals surface area (Å²) in [6.45, 7) is 1.90. The van der Waals surface area contributed by atoms with Gasteiger partial charge in [0.05, 0.1) is 11.1 Å². The maximum atomic E-state index is 13.0. The molecule has 4 nitrogen and oxygen atoms in total. The van der Waals surface area contributed by atoms with Gasteiger partial charge in [0.25, 0.3) is 5.91 Å². The molecule has 1 N–H and O–H groups in total. The van der Waals surface area contributed by atoms with Crippen LogP contribution in [-0.4, -0.2) is 10.5 Å². The third-order valence-corrected chi connectivity index (χ3v) is 3.98. The SMILES string of the molecule is Cc1ccc(NC(=O)c2c(C#N)ccn2-c2cccc(C(F)(F)F)c2)cc1. The van der Waals surface area contributed by atoms with Gasteiger partial charge in [0.15, 0.2) is 0 Å². The van der Waals surface area contributed by atoms with E-state index in [0.29, 0.717) is 5.69 Å². The summed E-state index contributed by atoms with van der Waals surface area (Å²) in [5.41, 5.74) is 0.872. The Bertz CT molecular complexity index is 1030. The monoisotopic (exact) mass is 369 g/mol. The third kappa shape index (κ3) is 3.85. The molecular formula is C20H14F3N3O. The van der Waals surface area contributed by atoms with Crippen LogP contribution in [0.4, 0.5) is 18.9 Å². The van der Waals surface area contributed by atoms with E-state index >= 15 is 0 Å². The Hall–Kier alpha value is -3.53. The van der Waals surface area contributed by atoms with Crippen LogP contribution in [0.1, 0.15) is 27.2 Å². The summed E-state index contributed by atoms with van der Waals surface area (Å²) in [6.07, 6.45) is -3.11. The molecule has 0 bridgehead atoms. The number of hydrogen-bond acceptors (Lipinski definition) is 2. The molecule has 0 radical (unpaired) electrons. The van der Waals surface area contributed by atoms with Crippen molar-refractivity contribution in [3.8, 4) is 11.8 Å². The molecule has 1 amide bonds. The van der Waals surface area contributed by atoms with E-state index in [4.69, 9.17) is 0 Å². The summed E-state index contributed by atoms with van der Waals surface area (Å²) in [5, 5.41) is 12.0. The van der Waals surface area contributed by atoms with Crippen LogP contribution in [0.3, 0.4) is 0 Å². The fraction of sp³-hybridized carbons (Fsp3) is 0.100. The third-order valence-electron chi connectivity index (χ3n) is 3.98. The van der Waals surface area contributed by atoms with Crippen molar-refractivity contribution in [3.63, 3.8) is 0 Å². The van der Waals surface area contributed by atoms with E-state index in [9.17, 15) is 23.2 Å². The smallest absolute Gasteiger partial charge is 0.321 e. The zero-order valence-electron chi connectivity index (χ0n) is 14.2. The summed E-state index contributed by atoms with van der Waals surface area (Å²) < 4.78 is 40.3. The summed E-state index contributed by atoms with van der Waals surface area (Å²) in [6, 6.07) is 14.9. The highest BCUT2D eigenvalue weighted by atomic mass is 19.4. The molecule has 0 saturated heterocycles. The zero-order chi connectivity index (χ0) is 19.6. The van der Waals surface area contributed by atoms with E-state index in [1.807, 2.05) is 25.1 Å². The highest BCUT2D eigenvalue weighted by Crippen LogP contribution is 2.31. The Morgan fingerprint density at radius 1 is 1.11 bits per heavy atom. The van der Waals surface area contributed by atoms with Gasteiger partial charge in [-0.25, -0.2) is 0 Å². The second-order valence-corrected chi connectivity index (χ2v) is 5.93. The highest BCUT2D eigenvalue weighted by molar-refractivity contribution is 6.05. The largest absolute Gasteiger partial charge is 0.416 e. The minimum absolute atomic E-state index is 0.0302. The minimum atomic E-state index is -4.51. The normalized spacial score (nSPS) is 11.1. The topological polar surface area (TPSA) is 57.8 Å². The van der Waals surface area contributed by atoms with Crippen LogP contribution in [-0.2, 0) is 6.18 Å². The Morgan fingerprint density at radius 3 is 2.44 bits per heavy atom. The lowest BCUT2D eigenvalue weighted by Gasteiger charge is -2.13. The van der Waals surface area contributed by atoms with Gasteiger partial charge in [0.1, 0.15) is 11.8 Å². The molecule has 0 fully saturated rings. The molecule has 1 heterocycles. The van der Waals surface area contributed by atoms with Crippen molar-refractivity contribution in [2.24, 2.45) is 0 Å². The minimum Gasteiger partial charge on any atom is -0.321 e. The van der Waals surface area contributed by atoms with Gasteiger partial charge in [-0.05, 0) is 43.3 Å². The Morgan fingerprint density at radius 2 is 1.81 bits per heavy atom. The van der Waals surface area contributed by atoms with Crippen molar-refractivity contribution in [1.29, 1.82) is 5.26 Å². The number of nitrogens with zero attached hydrogens (tertiary/aromatic N) is 2. The molecule has 1 aromatic heterocycles. The summed E-state index contributed by atoms with van der Waals surface area (Å²) in [5.74, 6) is -0.585. The molecule has 0 aliphatic rings. The Labute approximate surface area is 153 Å². The van der Waals surface area contributed by atoms with Gasteiger partial charge in [0.2, 0.25) is 0 Å².